The van der Waals surface area contributed by atoms with Gasteiger partial charge in [-0.25, -0.2) is 18.8 Å². The molecule has 1 fully saturated rings. The summed E-state index contributed by atoms with van der Waals surface area (Å²) in [7, 11) is -1.68. The van der Waals surface area contributed by atoms with E-state index in [1.165, 1.54) is 4.90 Å². The van der Waals surface area contributed by atoms with Gasteiger partial charge >= 0.3 is 5.97 Å². The van der Waals surface area contributed by atoms with Gasteiger partial charge in [-0.15, -0.1) is 0 Å². The quantitative estimate of drug-likeness (QED) is 0.542. The van der Waals surface area contributed by atoms with Gasteiger partial charge in [-0.1, -0.05) is 6.07 Å². The molecule has 1 heterocycles. The van der Waals surface area contributed by atoms with E-state index in [9.17, 15) is 28.3 Å². The van der Waals surface area contributed by atoms with Gasteiger partial charge < -0.3 is 20.1 Å². The molecule has 0 radical (unpaired) electrons. The first-order valence-electron chi connectivity index (χ1n) is 12.2. The van der Waals surface area contributed by atoms with E-state index < -0.39 is 51.4 Å². The van der Waals surface area contributed by atoms with E-state index in [0.29, 0.717) is 24.3 Å². The lowest BCUT2D eigenvalue weighted by Gasteiger charge is -2.41. The number of carbonyl (C=O) groups is 3. The van der Waals surface area contributed by atoms with E-state index in [1.54, 1.807) is 30.9 Å². The van der Waals surface area contributed by atoms with E-state index in [1.807, 2.05) is 13.0 Å². The van der Waals surface area contributed by atoms with Gasteiger partial charge in [-0.2, -0.15) is 0 Å². The normalized spacial score (nSPS) is 21.5. The van der Waals surface area contributed by atoms with E-state index in [-0.39, 0.29) is 35.9 Å². The molecule has 0 spiro atoms. The van der Waals surface area contributed by atoms with E-state index in [2.05, 4.69) is 5.32 Å². The van der Waals surface area contributed by atoms with E-state index in [0.717, 1.165) is 17.7 Å². The Kier molecular flexibility index (Phi) is 7.50. The fourth-order valence-corrected chi connectivity index (χ4v) is 6.35. The Hall–Kier alpha value is -3.14. The molecule has 2 aromatic carbocycles. The number of fused-ring (bicyclic) bond motifs is 1. The number of hydrogen-bond acceptors (Lipinski definition) is 4. The SMILES string of the molecule is CCOc1ccc2c(c1)CCN(C(=O)[C@H]1C[C@@H](C(=O)O)C1)C2C(=O)Nc1cc(F)c(S(C)(C)C)c(F)c1. The number of halogens is 2. The standard InChI is InChI=1S/C27H32F2N2O5S/c1-5-36-19-6-7-20-15(12-19)8-9-31(26(33)16-10-17(11-16)27(34)35)23(20)25(32)30-18-13-21(28)24(22(29)14-18)37(2,3)4/h6-7,12-14,16-17,23H,5,8-11H2,1-4H3,(H,30,32)(H,34,35)/t16-,17+,23?. The summed E-state index contributed by atoms with van der Waals surface area (Å²) in [4.78, 5) is 39.7. The first kappa shape index (κ1) is 26.9. The molecule has 2 aliphatic rings. The molecule has 1 aliphatic heterocycles. The number of ether oxygens (including phenoxy) is 1. The summed E-state index contributed by atoms with van der Waals surface area (Å²) < 4.78 is 35.2. The lowest BCUT2D eigenvalue weighted by atomic mass is 9.73. The van der Waals surface area contributed by atoms with Gasteiger partial charge in [0, 0.05) is 18.2 Å². The minimum atomic E-state index is -1.68. The number of anilines is 1. The molecule has 0 bridgehead atoms. The van der Waals surface area contributed by atoms with Gasteiger partial charge in [-0.3, -0.25) is 14.4 Å². The number of rotatable bonds is 7. The van der Waals surface area contributed by atoms with Crippen molar-refractivity contribution in [3.8, 4) is 5.75 Å². The second-order valence-corrected chi connectivity index (χ2v) is 14.4. The highest BCUT2D eigenvalue weighted by atomic mass is 32.3. The molecule has 10 heteroatoms. The summed E-state index contributed by atoms with van der Waals surface area (Å²) in [5.74, 6) is -3.69. The van der Waals surface area contributed by atoms with Crippen LogP contribution in [0.4, 0.5) is 14.5 Å². The molecule has 7 nitrogen and oxygen atoms in total. The average Bonchev–Trinajstić information content (AvgIpc) is 2.75. The zero-order valence-electron chi connectivity index (χ0n) is 21.3. The Bertz CT molecular complexity index is 1220. The van der Waals surface area contributed by atoms with Crippen molar-refractivity contribution < 1.29 is 33.0 Å². The number of aliphatic carboxylic acids is 1. The lowest BCUT2D eigenvalue weighted by molar-refractivity contribution is -0.154. The highest BCUT2D eigenvalue weighted by molar-refractivity contribution is 8.32. The summed E-state index contributed by atoms with van der Waals surface area (Å²) >= 11 is 0. The van der Waals surface area contributed by atoms with Gasteiger partial charge in [0.05, 0.1) is 17.4 Å². The summed E-state index contributed by atoms with van der Waals surface area (Å²) in [5, 5.41) is 11.8. The Labute approximate surface area is 216 Å². The number of benzene rings is 2. The largest absolute Gasteiger partial charge is 0.494 e. The van der Waals surface area contributed by atoms with Crippen molar-refractivity contribution >= 4 is 33.5 Å². The van der Waals surface area contributed by atoms with Crippen molar-refractivity contribution in [3.63, 3.8) is 0 Å². The Morgan fingerprint density at radius 1 is 1.08 bits per heavy atom. The maximum absolute atomic E-state index is 14.8. The molecular formula is C27H32F2N2O5S. The van der Waals surface area contributed by atoms with Gasteiger partial charge in [0.2, 0.25) is 5.91 Å². The molecule has 2 amide bonds. The number of nitrogens with one attached hydrogen (secondary N) is 1. The first-order valence-corrected chi connectivity index (χ1v) is 15.0. The van der Waals surface area contributed by atoms with Crippen LogP contribution >= 0.6 is 10.0 Å². The molecule has 0 aromatic heterocycles. The van der Waals surface area contributed by atoms with Crippen LogP contribution in [0.3, 0.4) is 0 Å². The monoisotopic (exact) mass is 534 g/mol. The summed E-state index contributed by atoms with van der Waals surface area (Å²) in [6.07, 6.45) is 6.28. The minimum absolute atomic E-state index is 0.00624. The Morgan fingerprint density at radius 2 is 1.73 bits per heavy atom. The molecule has 0 saturated heterocycles. The van der Waals surface area contributed by atoms with Crippen LogP contribution in [-0.2, 0) is 20.8 Å². The molecule has 2 aromatic rings. The predicted molar refractivity (Wildman–Crippen MR) is 138 cm³/mol. The second kappa shape index (κ2) is 10.3. The number of amides is 2. The van der Waals surface area contributed by atoms with Crippen LogP contribution in [0, 0.1) is 23.5 Å². The lowest BCUT2D eigenvalue weighted by Crippen LogP contribution is -2.50. The number of hydrogen-bond donors (Lipinski definition) is 2. The maximum atomic E-state index is 14.8. The van der Waals surface area contributed by atoms with E-state index >= 15 is 0 Å². The van der Waals surface area contributed by atoms with Crippen LogP contribution in [0.5, 0.6) is 5.75 Å². The van der Waals surface area contributed by atoms with Crippen molar-refractivity contribution in [2.75, 3.05) is 37.2 Å². The Balaban J connectivity index is 1.65. The van der Waals surface area contributed by atoms with Gasteiger partial charge in [0.1, 0.15) is 23.4 Å². The summed E-state index contributed by atoms with van der Waals surface area (Å²) in [5.41, 5.74) is 1.41. The third-order valence-electron chi connectivity index (χ3n) is 6.90. The fraction of sp³-hybridized carbons (Fsp3) is 0.444. The molecular weight excluding hydrogens is 502 g/mol. The van der Waals surface area contributed by atoms with Crippen molar-refractivity contribution in [1.29, 1.82) is 0 Å². The molecule has 4 rings (SSSR count). The van der Waals surface area contributed by atoms with Crippen LogP contribution in [-0.4, -0.2) is 59.7 Å². The zero-order chi connectivity index (χ0) is 27.1. The van der Waals surface area contributed by atoms with Crippen LogP contribution in [0.2, 0.25) is 0 Å². The number of carboxylic acids is 1. The predicted octanol–water partition coefficient (Wildman–Crippen LogP) is 4.59. The van der Waals surface area contributed by atoms with Crippen molar-refractivity contribution in [3.05, 3.63) is 53.1 Å². The third-order valence-corrected chi connectivity index (χ3v) is 8.51. The summed E-state index contributed by atoms with van der Waals surface area (Å²) in [6.45, 7) is 2.59. The molecule has 37 heavy (non-hydrogen) atoms. The molecule has 2 N–H and O–H groups in total. The smallest absolute Gasteiger partial charge is 0.306 e. The Morgan fingerprint density at radius 3 is 2.30 bits per heavy atom. The van der Waals surface area contributed by atoms with Crippen LogP contribution in [0.1, 0.15) is 36.9 Å². The van der Waals surface area contributed by atoms with Gasteiger partial charge in [0.15, 0.2) is 0 Å². The first-order chi connectivity index (χ1) is 17.4. The molecule has 1 atom stereocenters. The second-order valence-electron chi connectivity index (χ2n) is 10.3. The van der Waals surface area contributed by atoms with Crippen molar-refractivity contribution in [1.82, 2.24) is 4.90 Å². The van der Waals surface area contributed by atoms with Crippen molar-refractivity contribution in [2.24, 2.45) is 11.8 Å². The molecule has 1 aliphatic carbocycles. The molecule has 1 saturated carbocycles. The van der Waals surface area contributed by atoms with Crippen molar-refractivity contribution in [2.45, 2.75) is 37.1 Å². The van der Waals surface area contributed by atoms with Gasteiger partial charge in [0.25, 0.3) is 5.91 Å². The zero-order valence-corrected chi connectivity index (χ0v) is 22.2. The number of carboxylic acid groups (broad SMARTS) is 1. The summed E-state index contributed by atoms with van der Waals surface area (Å²) in [6, 6.07) is 6.47. The van der Waals surface area contributed by atoms with Crippen LogP contribution in [0.25, 0.3) is 0 Å². The third kappa shape index (κ3) is 5.44. The fourth-order valence-electron chi connectivity index (χ4n) is 5.06. The number of carbonyl (C=O) groups excluding carboxylic acids is 2. The number of nitrogens with zero attached hydrogens (tertiary/aromatic N) is 1. The van der Waals surface area contributed by atoms with Crippen LogP contribution < -0.4 is 10.1 Å². The highest BCUT2D eigenvalue weighted by Crippen LogP contribution is 2.48. The molecule has 200 valence electrons. The topological polar surface area (TPSA) is 95.9 Å². The van der Waals surface area contributed by atoms with E-state index in [4.69, 9.17) is 4.74 Å². The van der Waals surface area contributed by atoms with Crippen LogP contribution in [0.15, 0.2) is 35.2 Å². The molecule has 1 unspecified atom stereocenters. The van der Waals surface area contributed by atoms with Gasteiger partial charge in [-0.05, 0) is 80.3 Å². The average molecular weight is 535 g/mol. The minimum Gasteiger partial charge on any atom is -0.494 e. The maximum Gasteiger partial charge on any atom is 0.306 e. The highest BCUT2D eigenvalue weighted by Gasteiger charge is 2.45.